The summed E-state index contributed by atoms with van der Waals surface area (Å²) in [6.07, 6.45) is 6.33. The summed E-state index contributed by atoms with van der Waals surface area (Å²) in [6.45, 7) is 5.98. The Morgan fingerprint density at radius 1 is 1.12 bits per heavy atom. The number of hydrogen-bond donors (Lipinski definition) is 0. The van der Waals surface area contributed by atoms with Crippen LogP contribution in [0, 0.1) is 25.2 Å². The molecule has 0 atom stereocenters. The number of amides is 1. The Morgan fingerprint density at radius 2 is 1.88 bits per heavy atom. The molecular formula is C26H24N4OS. The number of hydrazone groups is 1. The van der Waals surface area contributed by atoms with E-state index in [1.54, 1.807) is 11.3 Å². The first-order valence-corrected chi connectivity index (χ1v) is 11.7. The molecule has 1 aliphatic heterocycles. The van der Waals surface area contributed by atoms with Crippen molar-refractivity contribution in [1.29, 1.82) is 5.26 Å². The van der Waals surface area contributed by atoms with E-state index in [0.717, 1.165) is 52.5 Å². The monoisotopic (exact) mass is 440 g/mol. The van der Waals surface area contributed by atoms with E-state index in [0.29, 0.717) is 11.3 Å². The zero-order valence-corrected chi connectivity index (χ0v) is 19.3. The van der Waals surface area contributed by atoms with Crippen molar-refractivity contribution in [3.05, 3.63) is 74.9 Å². The Kier molecular flexibility index (Phi) is 5.07. The Balaban J connectivity index is 1.56. The Hall–Kier alpha value is -3.43. The van der Waals surface area contributed by atoms with Gasteiger partial charge in [-0.15, -0.1) is 11.3 Å². The maximum absolute atomic E-state index is 13.1. The van der Waals surface area contributed by atoms with Crippen LogP contribution in [0.2, 0.25) is 0 Å². The molecule has 0 N–H and O–H groups in total. The molecule has 3 heterocycles. The molecule has 0 fully saturated rings. The third-order valence-corrected chi connectivity index (χ3v) is 7.58. The first kappa shape index (κ1) is 20.5. The van der Waals surface area contributed by atoms with Gasteiger partial charge in [0.05, 0.1) is 22.5 Å². The van der Waals surface area contributed by atoms with Gasteiger partial charge in [0.2, 0.25) is 0 Å². The van der Waals surface area contributed by atoms with Crippen LogP contribution in [0.3, 0.4) is 0 Å². The van der Waals surface area contributed by atoms with E-state index in [9.17, 15) is 10.1 Å². The largest absolute Gasteiger partial charge is 0.308 e. The zero-order chi connectivity index (χ0) is 22.4. The summed E-state index contributed by atoms with van der Waals surface area (Å²) in [5, 5.41) is 16.9. The van der Waals surface area contributed by atoms with E-state index in [4.69, 9.17) is 0 Å². The second-order valence-electron chi connectivity index (χ2n) is 8.36. The van der Waals surface area contributed by atoms with Crippen LogP contribution in [0.1, 0.15) is 52.7 Å². The molecule has 6 heteroatoms. The fourth-order valence-electron chi connectivity index (χ4n) is 4.65. The lowest BCUT2D eigenvalue weighted by Gasteiger charge is -2.11. The fraction of sp³-hybridized carbons (Fsp3) is 0.269. The topological polar surface area (TPSA) is 61.4 Å². The van der Waals surface area contributed by atoms with Crippen molar-refractivity contribution in [3.63, 3.8) is 0 Å². The summed E-state index contributed by atoms with van der Waals surface area (Å²) in [5.74, 6) is -0.122. The van der Waals surface area contributed by atoms with Gasteiger partial charge >= 0.3 is 0 Å². The minimum Gasteiger partial charge on any atom is -0.308 e. The Morgan fingerprint density at radius 3 is 2.62 bits per heavy atom. The molecule has 0 bridgehead atoms. The number of nitriles is 1. The molecule has 5 nitrogen and oxygen atoms in total. The predicted molar refractivity (Wildman–Crippen MR) is 129 cm³/mol. The summed E-state index contributed by atoms with van der Waals surface area (Å²) in [7, 11) is 0. The molecule has 3 aromatic rings. The van der Waals surface area contributed by atoms with Gasteiger partial charge in [-0.3, -0.25) is 4.79 Å². The van der Waals surface area contributed by atoms with Crippen molar-refractivity contribution in [3.8, 4) is 11.1 Å². The number of para-hydroxylation sites is 1. The minimum absolute atomic E-state index is 0.122. The van der Waals surface area contributed by atoms with Crippen molar-refractivity contribution in [1.82, 2.24) is 4.57 Å². The van der Waals surface area contributed by atoms with Gasteiger partial charge in [0.15, 0.2) is 0 Å². The van der Waals surface area contributed by atoms with Crippen molar-refractivity contribution in [2.45, 2.75) is 46.5 Å². The number of rotatable bonds is 3. The van der Waals surface area contributed by atoms with Gasteiger partial charge < -0.3 is 4.57 Å². The van der Waals surface area contributed by atoms with Crippen molar-refractivity contribution in [2.75, 3.05) is 5.01 Å². The number of aromatic nitrogens is 1. The molecule has 0 unspecified atom stereocenters. The normalized spacial score (nSPS) is 16.9. The Labute approximate surface area is 191 Å². The molecule has 1 amide bonds. The Bertz CT molecular complexity index is 1330. The lowest BCUT2D eigenvalue weighted by Crippen LogP contribution is -2.21. The highest BCUT2D eigenvalue weighted by Gasteiger charge is 2.29. The predicted octanol–water partition coefficient (Wildman–Crippen LogP) is 5.71. The van der Waals surface area contributed by atoms with Gasteiger partial charge in [0.25, 0.3) is 5.91 Å². The number of anilines is 1. The van der Waals surface area contributed by atoms with Crippen LogP contribution < -0.4 is 5.01 Å². The minimum atomic E-state index is -0.122. The molecule has 1 aliphatic carbocycles. The number of thiophene rings is 1. The number of hydrogen-bond acceptors (Lipinski definition) is 4. The van der Waals surface area contributed by atoms with E-state index in [1.807, 2.05) is 43.3 Å². The van der Waals surface area contributed by atoms with Crippen LogP contribution in [0.25, 0.3) is 11.1 Å². The first-order valence-electron chi connectivity index (χ1n) is 10.9. The smallest absolute Gasteiger partial charge is 0.280 e. The lowest BCUT2D eigenvalue weighted by atomic mass is 9.96. The van der Waals surface area contributed by atoms with Crippen LogP contribution in [0.5, 0.6) is 0 Å². The molecule has 5 rings (SSSR count). The maximum Gasteiger partial charge on any atom is 0.280 e. The number of fused-ring (bicyclic) bond motifs is 1. The van der Waals surface area contributed by atoms with E-state index in [1.165, 1.54) is 21.9 Å². The molecule has 32 heavy (non-hydrogen) atoms. The summed E-state index contributed by atoms with van der Waals surface area (Å²) in [5.41, 5.74) is 7.18. The van der Waals surface area contributed by atoms with E-state index in [2.05, 4.69) is 35.7 Å². The second-order valence-corrected chi connectivity index (χ2v) is 9.44. The second kappa shape index (κ2) is 7.92. The number of carbonyl (C=O) groups excluding carboxylic acids is 1. The van der Waals surface area contributed by atoms with Crippen LogP contribution in [-0.2, 0) is 17.6 Å². The molecule has 0 saturated heterocycles. The van der Waals surface area contributed by atoms with Crippen LogP contribution >= 0.6 is 11.3 Å². The quantitative estimate of drug-likeness (QED) is 0.490. The van der Waals surface area contributed by atoms with Gasteiger partial charge in [0, 0.05) is 16.3 Å². The number of aryl methyl sites for hydroxylation is 2. The fourth-order valence-corrected chi connectivity index (χ4v) is 6.10. The molecule has 1 aromatic carbocycles. The molecular weight excluding hydrogens is 416 g/mol. The number of nitrogens with zero attached hydrogens (tertiary/aromatic N) is 4. The summed E-state index contributed by atoms with van der Waals surface area (Å²) >= 11 is 1.74. The maximum atomic E-state index is 13.1. The molecule has 160 valence electrons. The molecule has 2 aromatic heterocycles. The molecule has 0 saturated carbocycles. The number of benzene rings is 1. The highest BCUT2D eigenvalue weighted by Crippen LogP contribution is 2.38. The average Bonchev–Trinajstić information content (AvgIpc) is 3.40. The highest BCUT2D eigenvalue weighted by atomic mass is 32.1. The third kappa shape index (κ3) is 3.21. The van der Waals surface area contributed by atoms with Crippen molar-refractivity contribution < 1.29 is 4.79 Å². The van der Waals surface area contributed by atoms with Gasteiger partial charge in [0.1, 0.15) is 11.1 Å². The molecule has 0 spiro atoms. The van der Waals surface area contributed by atoms with Crippen LogP contribution in [0.15, 0.2) is 47.1 Å². The summed E-state index contributed by atoms with van der Waals surface area (Å²) in [6, 6.07) is 14.0. The summed E-state index contributed by atoms with van der Waals surface area (Å²) < 4.78 is 2.18. The van der Waals surface area contributed by atoms with Gasteiger partial charge in [-0.1, -0.05) is 18.2 Å². The SMILES string of the molecule is CC1=NN(c2ccccc2)C(=O)/C1=C\c1cc(C)n(-c2sc3c(c2C#N)CCCC3)c1C. The zero-order valence-electron chi connectivity index (χ0n) is 18.5. The van der Waals surface area contributed by atoms with Crippen molar-refractivity contribution in [2.24, 2.45) is 5.10 Å². The van der Waals surface area contributed by atoms with E-state index < -0.39 is 0 Å². The standard InChI is InChI=1S/C26H24N4OS/c1-16-13-19(14-22-17(2)28-30(25(22)31)20-9-5-4-6-10-20)18(3)29(16)26-23(15-27)21-11-7-8-12-24(21)32-26/h4-6,9-10,13-14H,7-8,11-12H2,1-3H3/b22-14-. The molecule has 0 radical (unpaired) electrons. The van der Waals surface area contributed by atoms with Crippen LogP contribution in [0.4, 0.5) is 5.69 Å². The first-order chi connectivity index (χ1) is 15.5. The van der Waals surface area contributed by atoms with Gasteiger partial charge in [-0.25, -0.2) is 0 Å². The average molecular weight is 441 g/mol. The number of carbonyl (C=O) groups is 1. The van der Waals surface area contributed by atoms with Crippen LogP contribution in [-0.4, -0.2) is 16.2 Å². The summed E-state index contributed by atoms with van der Waals surface area (Å²) in [4.78, 5) is 14.5. The van der Waals surface area contributed by atoms with Crippen molar-refractivity contribution >= 4 is 34.7 Å². The highest BCUT2D eigenvalue weighted by molar-refractivity contribution is 7.15. The van der Waals surface area contributed by atoms with E-state index >= 15 is 0 Å². The van der Waals surface area contributed by atoms with Gasteiger partial charge in [-0.05, 0) is 81.9 Å². The lowest BCUT2D eigenvalue weighted by molar-refractivity contribution is -0.114. The van der Waals surface area contributed by atoms with Gasteiger partial charge in [-0.2, -0.15) is 15.4 Å². The molecule has 2 aliphatic rings. The third-order valence-electron chi connectivity index (χ3n) is 6.30. The van der Waals surface area contributed by atoms with E-state index in [-0.39, 0.29) is 5.91 Å².